The zero-order chi connectivity index (χ0) is 18.4. The van der Waals surface area contributed by atoms with Crippen LogP contribution in [0.1, 0.15) is 57.0 Å². The molecule has 1 unspecified atom stereocenters. The molecule has 0 bridgehead atoms. The molecule has 0 aromatic heterocycles. The molecule has 24 heavy (non-hydrogen) atoms. The van der Waals surface area contributed by atoms with Crippen molar-refractivity contribution in [2.24, 2.45) is 5.16 Å². The highest BCUT2D eigenvalue weighted by molar-refractivity contribution is 6.29. The third-order valence-electron chi connectivity index (χ3n) is 3.51. The molecule has 132 valence electrons. The third kappa shape index (κ3) is 5.96. The fourth-order valence-corrected chi connectivity index (χ4v) is 2.13. The zero-order valence-corrected chi connectivity index (χ0v) is 15.6. The quantitative estimate of drug-likeness (QED) is 0.463. The van der Waals surface area contributed by atoms with Crippen LogP contribution in [0.15, 0.2) is 29.4 Å². The Balaban J connectivity index is 2.89. The molecule has 0 spiro atoms. The first-order valence-corrected chi connectivity index (χ1v) is 8.38. The molecule has 1 atom stereocenters. The van der Waals surface area contributed by atoms with E-state index in [9.17, 15) is 9.59 Å². The van der Waals surface area contributed by atoms with Crippen LogP contribution in [0, 0.1) is 0 Å². The molecule has 0 saturated heterocycles. The smallest absolute Gasteiger partial charge is 0.252 e. The van der Waals surface area contributed by atoms with Crippen molar-refractivity contribution in [3.8, 4) is 0 Å². The molecular weight excluding hydrogens is 328 g/mol. The van der Waals surface area contributed by atoms with Gasteiger partial charge in [-0.2, -0.15) is 0 Å². The molecule has 1 aromatic carbocycles. The van der Waals surface area contributed by atoms with Gasteiger partial charge in [-0.15, -0.1) is 11.6 Å². The van der Waals surface area contributed by atoms with Gasteiger partial charge in [-0.05, 0) is 51.8 Å². The monoisotopic (exact) mass is 352 g/mol. The van der Waals surface area contributed by atoms with E-state index in [1.807, 2.05) is 33.8 Å². The van der Waals surface area contributed by atoms with Crippen LogP contribution < -0.4 is 5.32 Å². The van der Waals surface area contributed by atoms with Gasteiger partial charge in [0.25, 0.3) is 5.91 Å². The van der Waals surface area contributed by atoms with E-state index in [0.29, 0.717) is 12.0 Å². The number of nitrogens with one attached hydrogen (secondary N) is 1. The Morgan fingerprint density at radius 2 is 1.96 bits per heavy atom. The van der Waals surface area contributed by atoms with Crippen molar-refractivity contribution >= 4 is 29.5 Å². The number of carbonyl (C=O) groups is 2. The minimum atomic E-state index is -0.974. The lowest BCUT2D eigenvalue weighted by atomic mass is 9.93. The molecule has 0 aliphatic heterocycles. The summed E-state index contributed by atoms with van der Waals surface area (Å²) in [7, 11) is 0. The third-order valence-corrected chi connectivity index (χ3v) is 3.75. The highest BCUT2D eigenvalue weighted by Gasteiger charge is 2.32. The summed E-state index contributed by atoms with van der Waals surface area (Å²) in [5, 5.41) is 6.69. The molecule has 0 saturated carbocycles. The summed E-state index contributed by atoms with van der Waals surface area (Å²) in [6.45, 7) is 9.20. The number of nitrogens with zero attached hydrogens (tertiary/aromatic N) is 1. The van der Waals surface area contributed by atoms with E-state index in [2.05, 4.69) is 10.5 Å². The van der Waals surface area contributed by atoms with E-state index in [1.54, 1.807) is 31.3 Å². The number of amides is 1. The van der Waals surface area contributed by atoms with Gasteiger partial charge in [0.05, 0.1) is 17.6 Å². The van der Waals surface area contributed by atoms with E-state index < -0.39 is 5.54 Å². The van der Waals surface area contributed by atoms with Crippen molar-refractivity contribution in [1.82, 2.24) is 5.32 Å². The second kappa shape index (κ2) is 8.29. The maximum Gasteiger partial charge on any atom is 0.252 e. The van der Waals surface area contributed by atoms with Crippen molar-refractivity contribution in [2.75, 3.05) is 5.88 Å². The number of ketones is 1. The second-order valence-electron chi connectivity index (χ2n) is 6.76. The number of hydrogen-bond acceptors (Lipinski definition) is 4. The molecule has 6 heteroatoms. The minimum Gasteiger partial charge on any atom is -0.390 e. The fourth-order valence-electron chi connectivity index (χ4n) is 1.83. The number of Topliss-reactive ketones (excluding diaryl/α,β-unsaturated/α-hetero) is 1. The molecule has 0 aliphatic carbocycles. The van der Waals surface area contributed by atoms with Crippen LogP contribution in [0.5, 0.6) is 0 Å². The summed E-state index contributed by atoms with van der Waals surface area (Å²) in [6, 6.07) is 6.93. The summed E-state index contributed by atoms with van der Waals surface area (Å²) < 4.78 is 0. The zero-order valence-electron chi connectivity index (χ0n) is 14.9. The summed E-state index contributed by atoms with van der Waals surface area (Å²) in [5.41, 5.74) is -0.181. The van der Waals surface area contributed by atoms with Crippen LogP contribution in [0.4, 0.5) is 0 Å². The van der Waals surface area contributed by atoms with Gasteiger partial charge in [-0.25, -0.2) is 0 Å². The van der Waals surface area contributed by atoms with E-state index in [1.165, 1.54) is 0 Å². The summed E-state index contributed by atoms with van der Waals surface area (Å²) in [5.74, 6) is -0.678. The van der Waals surface area contributed by atoms with Crippen LogP contribution in [0.2, 0.25) is 0 Å². The standard InChI is InChI=1S/C18H25ClN2O3/c1-6-18(5,15(22)11-19)21-16(23)14-9-7-8-13(10-14)12-20-24-17(2,3)4/h7-10,12H,6,11H2,1-5H3,(H,21,23). The predicted molar refractivity (Wildman–Crippen MR) is 96.8 cm³/mol. The van der Waals surface area contributed by atoms with Crippen LogP contribution in [0.3, 0.4) is 0 Å². The first-order valence-electron chi connectivity index (χ1n) is 7.84. The van der Waals surface area contributed by atoms with Gasteiger partial charge in [0, 0.05) is 5.56 Å². The fraction of sp³-hybridized carbons (Fsp3) is 0.500. The van der Waals surface area contributed by atoms with Crippen molar-refractivity contribution in [3.05, 3.63) is 35.4 Å². The van der Waals surface area contributed by atoms with Crippen molar-refractivity contribution in [1.29, 1.82) is 0 Å². The van der Waals surface area contributed by atoms with Gasteiger partial charge < -0.3 is 10.2 Å². The van der Waals surface area contributed by atoms with Crippen molar-refractivity contribution < 1.29 is 14.4 Å². The van der Waals surface area contributed by atoms with Gasteiger partial charge in [0.2, 0.25) is 0 Å². The Labute approximate surface area is 148 Å². The maximum absolute atomic E-state index is 12.4. The van der Waals surface area contributed by atoms with Gasteiger partial charge in [0.1, 0.15) is 5.60 Å². The SMILES string of the molecule is CCC(C)(NC(=O)c1cccc(C=NOC(C)(C)C)c1)C(=O)CCl. The van der Waals surface area contributed by atoms with Crippen molar-refractivity contribution in [2.45, 2.75) is 52.2 Å². The average molecular weight is 353 g/mol. The van der Waals surface area contributed by atoms with E-state index >= 15 is 0 Å². The van der Waals surface area contributed by atoms with Crippen molar-refractivity contribution in [3.63, 3.8) is 0 Å². The number of oxime groups is 1. The van der Waals surface area contributed by atoms with Gasteiger partial charge >= 0.3 is 0 Å². The molecule has 5 nitrogen and oxygen atoms in total. The Morgan fingerprint density at radius 3 is 2.50 bits per heavy atom. The van der Waals surface area contributed by atoms with Gasteiger partial charge in [-0.1, -0.05) is 24.2 Å². The second-order valence-corrected chi connectivity index (χ2v) is 7.03. The Bertz CT molecular complexity index is 623. The van der Waals surface area contributed by atoms with Gasteiger partial charge in [0.15, 0.2) is 5.78 Å². The number of rotatable bonds is 7. The Hall–Kier alpha value is -1.88. The molecule has 0 aliphatic rings. The highest BCUT2D eigenvalue weighted by atomic mass is 35.5. The number of hydrogen-bond donors (Lipinski definition) is 1. The first-order chi connectivity index (χ1) is 11.1. The van der Waals surface area contributed by atoms with Crippen LogP contribution in [-0.2, 0) is 9.63 Å². The molecular formula is C18H25ClN2O3. The Morgan fingerprint density at radius 1 is 1.29 bits per heavy atom. The molecule has 0 fully saturated rings. The van der Waals surface area contributed by atoms with E-state index in [0.717, 1.165) is 5.56 Å². The molecule has 0 radical (unpaired) electrons. The number of carbonyl (C=O) groups excluding carboxylic acids is 2. The lowest BCUT2D eigenvalue weighted by Crippen LogP contribution is -2.52. The van der Waals surface area contributed by atoms with Crippen LogP contribution in [0.25, 0.3) is 0 Å². The van der Waals surface area contributed by atoms with Crippen LogP contribution >= 0.6 is 11.6 Å². The number of benzene rings is 1. The number of alkyl halides is 1. The molecule has 0 heterocycles. The molecule has 1 rings (SSSR count). The minimum absolute atomic E-state index is 0.137. The predicted octanol–water partition coefficient (Wildman–Crippen LogP) is 3.54. The molecule has 1 aromatic rings. The molecule has 1 N–H and O–H groups in total. The van der Waals surface area contributed by atoms with Crippen LogP contribution in [-0.4, -0.2) is 34.9 Å². The van der Waals surface area contributed by atoms with E-state index in [-0.39, 0.29) is 23.2 Å². The average Bonchev–Trinajstić information content (AvgIpc) is 2.52. The lowest BCUT2D eigenvalue weighted by Gasteiger charge is -2.27. The topological polar surface area (TPSA) is 67.8 Å². The largest absolute Gasteiger partial charge is 0.390 e. The molecule has 1 amide bonds. The number of halogens is 1. The highest BCUT2D eigenvalue weighted by Crippen LogP contribution is 2.14. The lowest BCUT2D eigenvalue weighted by molar-refractivity contribution is -0.122. The maximum atomic E-state index is 12.4. The first kappa shape index (κ1) is 20.2. The van der Waals surface area contributed by atoms with E-state index in [4.69, 9.17) is 16.4 Å². The summed E-state index contributed by atoms with van der Waals surface area (Å²) in [4.78, 5) is 29.7. The van der Waals surface area contributed by atoms with Gasteiger partial charge in [-0.3, -0.25) is 9.59 Å². The summed E-state index contributed by atoms with van der Waals surface area (Å²) >= 11 is 5.63. The summed E-state index contributed by atoms with van der Waals surface area (Å²) in [6.07, 6.45) is 2.01. The Kier molecular flexibility index (Phi) is 6.96. The normalized spacial score (nSPS) is 14.2.